The van der Waals surface area contributed by atoms with E-state index in [2.05, 4.69) is 10.2 Å². The molecule has 0 radical (unpaired) electrons. The van der Waals surface area contributed by atoms with Crippen LogP contribution < -0.4 is 0 Å². The Kier molecular flexibility index (Phi) is 2.37. The SMILES string of the molecule is O=C(O)c1c(CF)n[nH]c1CF. The molecule has 1 rings (SSSR count). The number of carboxylic acids is 1. The second kappa shape index (κ2) is 3.29. The van der Waals surface area contributed by atoms with Gasteiger partial charge in [-0.15, -0.1) is 0 Å². The third-order valence-corrected chi connectivity index (χ3v) is 1.39. The topological polar surface area (TPSA) is 66.0 Å². The van der Waals surface area contributed by atoms with Gasteiger partial charge in [0.15, 0.2) is 0 Å². The van der Waals surface area contributed by atoms with Crippen LogP contribution in [0.2, 0.25) is 0 Å². The van der Waals surface area contributed by atoms with Gasteiger partial charge in [-0.25, -0.2) is 13.6 Å². The predicted octanol–water partition coefficient (Wildman–Crippen LogP) is 1.05. The van der Waals surface area contributed by atoms with E-state index >= 15 is 0 Å². The van der Waals surface area contributed by atoms with Gasteiger partial charge in [0, 0.05) is 0 Å². The molecule has 1 aromatic rings. The van der Waals surface area contributed by atoms with Crippen molar-refractivity contribution in [2.24, 2.45) is 0 Å². The van der Waals surface area contributed by atoms with Crippen molar-refractivity contribution in [3.05, 3.63) is 17.0 Å². The molecule has 12 heavy (non-hydrogen) atoms. The number of nitrogens with zero attached hydrogens (tertiary/aromatic N) is 1. The molecule has 66 valence electrons. The molecule has 0 amide bonds. The molecule has 0 unspecified atom stereocenters. The molecule has 0 atom stereocenters. The van der Waals surface area contributed by atoms with Gasteiger partial charge in [0.1, 0.15) is 24.6 Å². The van der Waals surface area contributed by atoms with Crippen molar-refractivity contribution >= 4 is 5.97 Å². The summed E-state index contributed by atoms with van der Waals surface area (Å²) in [6, 6.07) is 0. The number of carbonyl (C=O) groups is 1. The van der Waals surface area contributed by atoms with Gasteiger partial charge in [0.05, 0.1) is 5.69 Å². The van der Waals surface area contributed by atoms with Gasteiger partial charge in [-0.05, 0) is 0 Å². The van der Waals surface area contributed by atoms with Gasteiger partial charge < -0.3 is 5.11 Å². The van der Waals surface area contributed by atoms with Crippen LogP contribution >= 0.6 is 0 Å². The van der Waals surface area contributed by atoms with Gasteiger partial charge in [0.2, 0.25) is 0 Å². The van der Waals surface area contributed by atoms with Crippen LogP contribution in [-0.4, -0.2) is 21.3 Å². The first-order chi connectivity index (χ1) is 5.70. The first kappa shape index (κ1) is 8.63. The van der Waals surface area contributed by atoms with Gasteiger partial charge in [-0.3, -0.25) is 5.10 Å². The van der Waals surface area contributed by atoms with E-state index in [1.54, 1.807) is 0 Å². The normalized spacial score (nSPS) is 10.2. The highest BCUT2D eigenvalue weighted by atomic mass is 19.1. The first-order valence-corrected chi connectivity index (χ1v) is 3.12. The Balaban J connectivity index is 3.16. The zero-order chi connectivity index (χ0) is 9.14. The zero-order valence-corrected chi connectivity index (χ0v) is 5.97. The maximum atomic E-state index is 12.0. The van der Waals surface area contributed by atoms with E-state index in [1.165, 1.54) is 0 Å². The fourth-order valence-electron chi connectivity index (χ4n) is 0.867. The van der Waals surface area contributed by atoms with Crippen LogP contribution in [-0.2, 0) is 13.3 Å². The molecule has 1 heterocycles. The summed E-state index contributed by atoms with van der Waals surface area (Å²) in [5.41, 5.74) is -0.870. The van der Waals surface area contributed by atoms with Crippen molar-refractivity contribution in [2.75, 3.05) is 0 Å². The Hall–Kier alpha value is -1.46. The lowest BCUT2D eigenvalue weighted by molar-refractivity contribution is 0.0692. The molecule has 1 aromatic heterocycles. The van der Waals surface area contributed by atoms with Crippen molar-refractivity contribution in [3.8, 4) is 0 Å². The summed E-state index contributed by atoms with van der Waals surface area (Å²) in [5, 5.41) is 13.9. The van der Waals surface area contributed by atoms with Crippen LogP contribution in [0.15, 0.2) is 0 Å². The van der Waals surface area contributed by atoms with Crippen molar-refractivity contribution < 1.29 is 18.7 Å². The Morgan fingerprint density at radius 1 is 1.50 bits per heavy atom. The highest BCUT2D eigenvalue weighted by molar-refractivity contribution is 5.90. The molecule has 0 aromatic carbocycles. The van der Waals surface area contributed by atoms with Gasteiger partial charge in [-0.1, -0.05) is 0 Å². The van der Waals surface area contributed by atoms with Crippen molar-refractivity contribution in [2.45, 2.75) is 13.3 Å². The summed E-state index contributed by atoms with van der Waals surface area (Å²) in [7, 11) is 0. The minimum atomic E-state index is -1.37. The van der Waals surface area contributed by atoms with E-state index in [9.17, 15) is 13.6 Å². The number of nitrogens with one attached hydrogen (secondary N) is 1. The Morgan fingerprint density at radius 2 is 2.17 bits per heavy atom. The minimum absolute atomic E-state index is 0.199. The second-order valence-corrected chi connectivity index (χ2v) is 2.10. The minimum Gasteiger partial charge on any atom is -0.478 e. The van der Waals surface area contributed by atoms with E-state index in [1.807, 2.05) is 0 Å². The maximum Gasteiger partial charge on any atom is 0.339 e. The average Bonchev–Trinajstić information content (AvgIpc) is 2.46. The molecular formula is C6H6F2N2O2. The van der Waals surface area contributed by atoms with Crippen LogP contribution in [0.4, 0.5) is 8.78 Å². The number of rotatable bonds is 3. The summed E-state index contributed by atoms with van der Waals surface area (Å²) < 4.78 is 24.1. The largest absolute Gasteiger partial charge is 0.478 e. The van der Waals surface area contributed by atoms with Crippen LogP contribution in [0.1, 0.15) is 21.7 Å². The van der Waals surface area contributed by atoms with E-state index in [0.29, 0.717) is 0 Å². The van der Waals surface area contributed by atoms with E-state index in [0.717, 1.165) is 0 Å². The lowest BCUT2D eigenvalue weighted by atomic mass is 10.2. The third kappa shape index (κ3) is 1.27. The van der Waals surface area contributed by atoms with Crippen molar-refractivity contribution in [1.82, 2.24) is 10.2 Å². The fraction of sp³-hybridized carbons (Fsp3) is 0.333. The quantitative estimate of drug-likeness (QED) is 0.723. The van der Waals surface area contributed by atoms with Gasteiger partial charge in [-0.2, -0.15) is 5.10 Å². The number of H-pyrrole nitrogens is 1. The number of aromatic amines is 1. The Bertz CT molecular complexity index is 276. The summed E-state index contributed by atoms with van der Waals surface area (Å²) in [6.45, 7) is -2.01. The standard InChI is InChI=1S/C6H6F2N2O2/c7-1-3-5(6(11)12)4(2-8)10-9-3/h1-2H2,(H,9,10)(H,11,12). The average molecular weight is 176 g/mol. The fourth-order valence-corrected chi connectivity index (χ4v) is 0.867. The predicted molar refractivity (Wildman–Crippen MR) is 35.2 cm³/mol. The molecular weight excluding hydrogens is 170 g/mol. The molecule has 4 nitrogen and oxygen atoms in total. The van der Waals surface area contributed by atoms with Crippen LogP contribution in [0, 0.1) is 0 Å². The molecule has 6 heteroatoms. The Morgan fingerprint density at radius 3 is 2.58 bits per heavy atom. The smallest absolute Gasteiger partial charge is 0.339 e. The van der Waals surface area contributed by atoms with Crippen LogP contribution in [0.25, 0.3) is 0 Å². The number of aromatic nitrogens is 2. The van der Waals surface area contributed by atoms with E-state index in [-0.39, 0.29) is 11.4 Å². The van der Waals surface area contributed by atoms with Crippen LogP contribution in [0.5, 0.6) is 0 Å². The second-order valence-electron chi connectivity index (χ2n) is 2.10. The molecule has 0 aliphatic heterocycles. The van der Waals surface area contributed by atoms with E-state index < -0.39 is 24.9 Å². The summed E-state index contributed by atoms with van der Waals surface area (Å²) in [4.78, 5) is 10.4. The summed E-state index contributed by atoms with van der Waals surface area (Å²) in [6.07, 6.45) is 0. The van der Waals surface area contributed by atoms with Crippen molar-refractivity contribution in [3.63, 3.8) is 0 Å². The highest BCUT2D eigenvalue weighted by Crippen LogP contribution is 2.13. The maximum absolute atomic E-state index is 12.0. The molecule has 0 aliphatic rings. The lowest BCUT2D eigenvalue weighted by Crippen LogP contribution is -2.02. The molecule has 2 N–H and O–H groups in total. The molecule has 0 bridgehead atoms. The van der Waals surface area contributed by atoms with Gasteiger partial charge >= 0.3 is 5.97 Å². The number of aromatic carboxylic acids is 1. The van der Waals surface area contributed by atoms with Crippen LogP contribution in [0.3, 0.4) is 0 Å². The van der Waals surface area contributed by atoms with E-state index in [4.69, 9.17) is 5.11 Å². The van der Waals surface area contributed by atoms with Crippen molar-refractivity contribution in [1.29, 1.82) is 0 Å². The lowest BCUT2D eigenvalue weighted by Gasteiger charge is -1.92. The highest BCUT2D eigenvalue weighted by Gasteiger charge is 2.18. The monoisotopic (exact) mass is 176 g/mol. The number of carboxylic acid groups (broad SMARTS) is 1. The molecule has 0 aliphatic carbocycles. The first-order valence-electron chi connectivity index (χ1n) is 3.12. The number of halogens is 2. The van der Waals surface area contributed by atoms with Gasteiger partial charge in [0.25, 0.3) is 0 Å². The molecule has 0 saturated heterocycles. The summed E-state index contributed by atoms with van der Waals surface area (Å²) in [5.74, 6) is -1.37. The molecule has 0 fully saturated rings. The Labute approximate surface area is 66.2 Å². The number of alkyl halides is 2. The molecule has 0 spiro atoms. The zero-order valence-electron chi connectivity index (χ0n) is 5.97. The molecule has 0 saturated carbocycles. The summed E-state index contributed by atoms with van der Waals surface area (Å²) >= 11 is 0. The third-order valence-electron chi connectivity index (χ3n) is 1.39. The number of hydrogen-bond acceptors (Lipinski definition) is 2. The number of hydrogen-bond donors (Lipinski definition) is 2.